The molecule has 9 heteroatoms. The number of carbonyl (C=O) groups is 1. The highest BCUT2D eigenvalue weighted by molar-refractivity contribution is 7.13. The minimum absolute atomic E-state index is 0. The minimum atomic E-state index is -0.369. The summed E-state index contributed by atoms with van der Waals surface area (Å²) in [5, 5.41) is 6.05. The molecule has 2 aromatic heterocycles. The fourth-order valence-corrected chi connectivity index (χ4v) is 4.00. The van der Waals surface area contributed by atoms with Crippen LogP contribution >= 0.6 is 23.7 Å². The van der Waals surface area contributed by atoms with Gasteiger partial charge < -0.3 is 15.2 Å². The van der Waals surface area contributed by atoms with Crippen molar-refractivity contribution in [2.24, 2.45) is 11.7 Å². The van der Waals surface area contributed by atoms with Crippen LogP contribution in [0.4, 0.5) is 0 Å². The highest BCUT2D eigenvalue weighted by Crippen LogP contribution is 2.21. The van der Waals surface area contributed by atoms with E-state index in [0.717, 1.165) is 56.9 Å². The van der Waals surface area contributed by atoms with E-state index >= 15 is 0 Å². The molecule has 1 amide bonds. The van der Waals surface area contributed by atoms with Crippen molar-refractivity contribution in [1.82, 2.24) is 19.9 Å². The number of amides is 1. The van der Waals surface area contributed by atoms with Crippen LogP contribution in [-0.4, -0.2) is 64.6 Å². The molecule has 28 heavy (non-hydrogen) atoms. The van der Waals surface area contributed by atoms with E-state index in [4.69, 9.17) is 10.3 Å². The van der Waals surface area contributed by atoms with Gasteiger partial charge in [-0.05, 0) is 36.8 Å². The molecule has 0 spiro atoms. The van der Waals surface area contributed by atoms with E-state index < -0.39 is 0 Å². The number of aromatic nitrogens is 2. The van der Waals surface area contributed by atoms with Crippen molar-refractivity contribution in [2.75, 3.05) is 32.7 Å². The molecule has 0 aromatic carbocycles. The van der Waals surface area contributed by atoms with Gasteiger partial charge in [0.25, 0.3) is 0 Å². The van der Waals surface area contributed by atoms with Crippen LogP contribution in [-0.2, 0) is 11.2 Å². The number of hydrogen-bond donors (Lipinski definition) is 1. The second-order valence-electron chi connectivity index (χ2n) is 7.50. The molecule has 0 radical (unpaired) electrons. The second kappa shape index (κ2) is 10.9. The van der Waals surface area contributed by atoms with Gasteiger partial charge in [-0.15, -0.1) is 23.7 Å². The van der Waals surface area contributed by atoms with Gasteiger partial charge in [-0.3, -0.25) is 9.69 Å². The molecular formula is C19H30ClN5O2S. The van der Waals surface area contributed by atoms with Crippen LogP contribution in [0.25, 0.3) is 10.7 Å². The predicted octanol–water partition coefficient (Wildman–Crippen LogP) is 2.67. The standard InChI is InChI=1S/C19H29N5O2S.ClH/c1-14(2)13-15(20)19(25)24-10-8-23(9-11-24)7-3-6-17-21-18(22-26-17)16-5-4-12-27-16;/h4-5,12,14-15H,3,6-11,13,20H2,1-2H3;1H/t15-;/m0./s1. The number of nitrogens with two attached hydrogens (primary N) is 1. The molecule has 3 rings (SSSR count). The highest BCUT2D eigenvalue weighted by atomic mass is 35.5. The quantitative estimate of drug-likeness (QED) is 0.696. The van der Waals surface area contributed by atoms with Gasteiger partial charge in [0.1, 0.15) is 0 Å². The third-order valence-corrected chi connectivity index (χ3v) is 5.67. The van der Waals surface area contributed by atoms with Crippen LogP contribution in [0.1, 0.15) is 32.6 Å². The summed E-state index contributed by atoms with van der Waals surface area (Å²) < 4.78 is 5.34. The molecule has 1 fully saturated rings. The lowest BCUT2D eigenvalue weighted by atomic mass is 10.0. The maximum absolute atomic E-state index is 12.4. The van der Waals surface area contributed by atoms with E-state index in [1.807, 2.05) is 22.4 Å². The summed E-state index contributed by atoms with van der Waals surface area (Å²) in [5.41, 5.74) is 6.04. The third kappa shape index (κ3) is 6.27. The molecule has 7 nitrogen and oxygen atoms in total. The summed E-state index contributed by atoms with van der Waals surface area (Å²) in [6.07, 6.45) is 2.49. The monoisotopic (exact) mass is 427 g/mol. The third-order valence-electron chi connectivity index (χ3n) is 4.80. The molecule has 1 aliphatic rings. The van der Waals surface area contributed by atoms with Gasteiger partial charge >= 0.3 is 0 Å². The first-order valence-corrected chi connectivity index (χ1v) is 10.5. The first-order chi connectivity index (χ1) is 13.0. The molecule has 0 aliphatic carbocycles. The van der Waals surface area contributed by atoms with E-state index in [1.165, 1.54) is 0 Å². The molecule has 2 aromatic rings. The average Bonchev–Trinajstić information content (AvgIpc) is 3.32. The van der Waals surface area contributed by atoms with Crippen LogP contribution in [0, 0.1) is 5.92 Å². The number of rotatable bonds is 8. The average molecular weight is 428 g/mol. The minimum Gasteiger partial charge on any atom is -0.339 e. The van der Waals surface area contributed by atoms with E-state index in [0.29, 0.717) is 17.6 Å². The number of aryl methyl sites for hydroxylation is 1. The van der Waals surface area contributed by atoms with E-state index in [-0.39, 0.29) is 24.4 Å². The summed E-state index contributed by atoms with van der Waals surface area (Å²) in [6, 6.07) is 3.61. The number of nitrogens with zero attached hydrogens (tertiary/aromatic N) is 4. The van der Waals surface area contributed by atoms with Crippen LogP contribution in [0.15, 0.2) is 22.0 Å². The lowest BCUT2D eigenvalue weighted by molar-refractivity contribution is -0.134. The van der Waals surface area contributed by atoms with Crippen molar-refractivity contribution in [3.05, 3.63) is 23.4 Å². The fraction of sp³-hybridized carbons (Fsp3) is 0.632. The molecule has 0 saturated carbocycles. The number of carbonyl (C=O) groups excluding carboxylic acids is 1. The Morgan fingerprint density at radius 1 is 1.32 bits per heavy atom. The Morgan fingerprint density at radius 2 is 2.07 bits per heavy atom. The van der Waals surface area contributed by atoms with Crippen LogP contribution in [0.5, 0.6) is 0 Å². The van der Waals surface area contributed by atoms with Crippen molar-refractivity contribution in [2.45, 2.75) is 39.2 Å². The van der Waals surface area contributed by atoms with Gasteiger partial charge in [0.15, 0.2) is 0 Å². The topological polar surface area (TPSA) is 88.5 Å². The lowest BCUT2D eigenvalue weighted by Crippen LogP contribution is -2.53. The second-order valence-corrected chi connectivity index (χ2v) is 8.44. The summed E-state index contributed by atoms with van der Waals surface area (Å²) >= 11 is 1.61. The van der Waals surface area contributed by atoms with E-state index in [2.05, 4.69) is 28.9 Å². The van der Waals surface area contributed by atoms with Crippen molar-refractivity contribution in [3.8, 4) is 10.7 Å². The van der Waals surface area contributed by atoms with Gasteiger partial charge in [-0.25, -0.2) is 0 Å². The van der Waals surface area contributed by atoms with Gasteiger partial charge in [-0.1, -0.05) is 25.1 Å². The Kier molecular flexibility index (Phi) is 8.88. The predicted molar refractivity (Wildman–Crippen MR) is 114 cm³/mol. The normalized spacial score (nSPS) is 16.2. The molecule has 1 saturated heterocycles. The Hall–Kier alpha value is -1.48. The maximum Gasteiger partial charge on any atom is 0.239 e. The molecule has 156 valence electrons. The number of piperazine rings is 1. The summed E-state index contributed by atoms with van der Waals surface area (Å²) in [6.45, 7) is 8.46. The van der Waals surface area contributed by atoms with Gasteiger partial charge in [0.2, 0.25) is 17.6 Å². The zero-order valence-corrected chi connectivity index (χ0v) is 18.2. The lowest BCUT2D eigenvalue weighted by Gasteiger charge is -2.36. The first kappa shape index (κ1) is 22.8. The van der Waals surface area contributed by atoms with Gasteiger partial charge in [-0.2, -0.15) is 4.98 Å². The molecule has 1 aliphatic heterocycles. The van der Waals surface area contributed by atoms with E-state index in [1.54, 1.807) is 11.3 Å². The van der Waals surface area contributed by atoms with Gasteiger partial charge in [0, 0.05) is 32.6 Å². The first-order valence-electron chi connectivity index (χ1n) is 9.66. The Bertz CT molecular complexity index is 714. The Labute approximate surface area is 176 Å². The van der Waals surface area contributed by atoms with Crippen molar-refractivity contribution in [3.63, 3.8) is 0 Å². The molecule has 3 heterocycles. The summed E-state index contributed by atoms with van der Waals surface area (Å²) in [7, 11) is 0. The smallest absolute Gasteiger partial charge is 0.239 e. The van der Waals surface area contributed by atoms with Crippen LogP contribution in [0.2, 0.25) is 0 Å². The Morgan fingerprint density at radius 3 is 2.71 bits per heavy atom. The fourth-order valence-electron chi connectivity index (χ4n) is 3.35. The van der Waals surface area contributed by atoms with E-state index in [9.17, 15) is 4.79 Å². The number of hydrogen-bond acceptors (Lipinski definition) is 7. The molecule has 0 unspecified atom stereocenters. The summed E-state index contributed by atoms with van der Waals surface area (Å²) in [5.74, 6) is 1.89. The number of thiophene rings is 1. The zero-order valence-electron chi connectivity index (χ0n) is 16.5. The molecular weight excluding hydrogens is 398 g/mol. The van der Waals surface area contributed by atoms with Gasteiger partial charge in [0.05, 0.1) is 10.9 Å². The van der Waals surface area contributed by atoms with Crippen LogP contribution < -0.4 is 5.73 Å². The number of halogens is 1. The Balaban J connectivity index is 0.00000280. The van der Waals surface area contributed by atoms with Crippen molar-refractivity contribution in [1.29, 1.82) is 0 Å². The van der Waals surface area contributed by atoms with Crippen LogP contribution in [0.3, 0.4) is 0 Å². The maximum atomic E-state index is 12.4. The summed E-state index contributed by atoms with van der Waals surface area (Å²) in [4.78, 5) is 22.2. The van der Waals surface area contributed by atoms with Crippen molar-refractivity contribution < 1.29 is 9.32 Å². The molecule has 1 atom stereocenters. The SMILES string of the molecule is CC(C)C[C@H](N)C(=O)N1CCN(CCCc2nc(-c3cccs3)no2)CC1.Cl. The van der Waals surface area contributed by atoms with Crippen molar-refractivity contribution >= 4 is 29.7 Å². The molecule has 2 N–H and O–H groups in total. The largest absolute Gasteiger partial charge is 0.339 e. The highest BCUT2D eigenvalue weighted by Gasteiger charge is 2.25. The zero-order chi connectivity index (χ0) is 19.2. The molecule has 0 bridgehead atoms.